The van der Waals surface area contributed by atoms with Crippen molar-refractivity contribution >= 4 is 11.4 Å². The summed E-state index contributed by atoms with van der Waals surface area (Å²) in [5.41, 5.74) is 3.78. The van der Waals surface area contributed by atoms with Crippen LogP contribution >= 0.6 is 0 Å². The van der Waals surface area contributed by atoms with Crippen LogP contribution in [0.2, 0.25) is 0 Å². The maximum atomic E-state index is 3.50. The lowest BCUT2D eigenvalue weighted by Gasteiger charge is -2.12. The summed E-state index contributed by atoms with van der Waals surface area (Å²) in [7, 11) is 0. The Morgan fingerprint density at radius 3 is 3.00 bits per heavy atom. The van der Waals surface area contributed by atoms with E-state index in [9.17, 15) is 0 Å². The molecular weight excluding hydrogens is 160 g/mol. The molecule has 13 heavy (non-hydrogen) atoms. The van der Waals surface area contributed by atoms with E-state index in [2.05, 4.69) is 42.7 Å². The third-order valence-corrected chi connectivity index (χ3v) is 2.47. The van der Waals surface area contributed by atoms with E-state index < -0.39 is 0 Å². The Morgan fingerprint density at radius 1 is 1.31 bits per heavy atom. The zero-order valence-corrected chi connectivity index (χ0v) is 8.22. The minimum Gasteiger partial charge on any atom is -0.383 e. The molecule has 1 aromatic carbocycles. The van der Waals surface area contributed by atoms with Crippen LogP contribution in [0.1, 0.15) is 18.9 Å². The molecule has 1 heterocycles. The van der Waals surface area contributed by atoms with Gasteiger partial charge in [-0.05, 0) is 38.0 Å². The monoisotopic (exact) mass is 176 g/mol. The maximum absolute atomic E-state index is 3.50. The summed E-state index contributed by atoms with van der Waals surface area (Å²) in [6.07, 6.45) is 1.17. The van der Waals surface area contributed by atoms with Crippen LogP contribution in [-0.2, 0) is 0 Å². The number of anilines is 2. The number of hydrogen-bond acceptors (Lipinski definition) is 2. The lowest BCUT2D eigenvalue weighted by atomic mass is 10.2. The first-order chi connectivity index (χ1) is 6.25. The molecule has 1 unspecified atom stereocenters. The average Bonchev–Trinajstić information content (AvgIpc) is 2.25. The fourth-order valence-electron chi connectivity index (χ4n) is 1.69. The Hall–Kier alpha value is -1.18. The van der Waals surface area contributed by atoms with Crippen molar-refractivity contribution < 1.29 is 0 Å². The standard InChI is InChI=1S/C11H16N2/c1-8-3-4-10-11(7-8)13-9(2)5-6-12-10/h3-4,7,9,12-13H,5-6H2,1-2H3. The topological polar surface area (TPSA) is 24.1 Å². The number of benzene rings is 1. The van der Waals surface area contributed by atoms with E-state index in [1.807, 2.05) is 0 Å². The molecule has 1 aromatic rings. The molecule has 1 atom stereocenters. The average molecular weight is 176 g/mol. The predicted octanol–water partition coefficient (Wildman–Crippen LogP) is 2.61. The smallest absolute Gasteiger partial charge is 0.0580 e. The summed E-state index contributed by atoms with van der Waals surface area (Å²) in [5, 5.41) is 6.92. The van der Waals surface area contributed by atoms with Crippen molar-refractivity contribution in [3.8, 4) is 0 Å². The molecule has 1 aliphatic rings. The summed E-state index contributed by atoms with van der Waals surface area (Å²) < 4.78 is 0. The summed E-state index contributed by atoms with van der Waals surface area (Å²) in [6, 6.07) is 7.05. The van der Waals surface area contributed by atoms with Gasteiger partial charge in [0, 0.05) is 12.6 Å². The van der Waals surface area contributed by atoms with Crippen LogP contribution < -0.4 is 10.6 Å². The highest BCUT2D eigenvalue weighted by Gasteiger charge is 2.10. The van der Waals surface area contributed by atoms with Gasteiger partial charge in [-0.3, -0.25) is 0 Å². The number of aryl methyl sites for hydroxylation is 1. The molecule has 0 fully saturated rings. The van der Waals surface area contributed by atoms with Crippen LogP contribution in [0.25, 0.3) is 0 Å². The van der Waals surface area contributed by atoms with Gasteiger partial charge >= 0.3 is 0 Å². The van der Waals surface area contributed by atoms with Crippen LogP contribution in [0, 0.1) is 6.92 Å². The van der Waals surface area contributed by atoms with Crippen molar-refractivity contribution in [1.82, 2.24) is 0 Å². The molecule has 1 aliphatic heterocycles. The van der Waals surface area contributed by atoms with Gasteiger partial charge in [0.25, 0.3) is 0 Å². The minimum atomic E-state index is 0.565. The second kappa shape index (κ2) is 3.29. The fourth-order valence-corrected chi connectivity index (χ4v) is 1.69. The number of fused-ring (bicyclic) bond motifs is 1. The third-order valence-electron chi connectivity index (χ3n) is 2.47. The van der Waals surface area contributed by atoms with Crippen LogP contribution in [0.4, 0.5) is 11.4 Å². The molecule has 0 aliphatic carbocycles. The molecule has 0 amide bonds. The van der Waals surface area contributed by atoms with Gasteiger partial charge in [0.15, 0.2) is 0 Å². The zero-order chi connectivity index (χ0) is 9.26. The summed E-state index contributed by atoms with van der Waals surface area (Å²) in [4.78, 5) is 0. The SMILES string of the molecule is Cc1ccc2c(c1)NC(C)CCN2. The molecule has 0 spiro atoms. The predicted molar refractivity (Wildman–Crippen MR) is 57.4 cm³/mol. The minimum absolute atomic E-state index is 0.565. The Labute approximate surface area is 79.4 Å². The van der Waals surface area contributed by atoms with E-state index in [1.165, 1.54) is 23.4 Å². The Bertz CT molecular complexity index is 307. The molecule has 2 N–H and O–H groups in total. The molecule has 2 heteroatoms. The van der Waals surface area contributed by atoms with Crippen molar-refractivity contribution in [3.63, 3.8) is 0 Å². The summed E-state index contributed by atoms with van der Waals surface area (Å²) >= 11 is 0. The van der Waals surface area contributed by atoms with Crippen LogP contribution in [0.3, 0.4) is 0 Å². The van der Waals surface area contributed by atoms with Crippen LogP contribution in [0.15, 0.2) is 18.2 Å². The Morgan fingerprint density at radius 2 is 2.15 bits per heavy atom. The Kier molecular flexibility index (Phi) is 2.13. The van der Waals surface area contributed by atoms with Gasteiger partial charge in [-0.2, -0.15) is 0 Å². The van der Waals surface area contributed by atoms with E-state index >= 15 is 0 Å². The molecule has 70 valence electrons. The number of nitrogens with one attached hydrogen (secondary N) is 2. The van der Waals surface area contributed by atoms with Crippen molar-refractivity contribution in [1.29, 1.82) is 0 Å². The molecule has 0 aromatic heterocycles. The van der Waals surface area contributed by atoms with Gasteiger partial charge in [0.1, 0.15) is 0 Å². The van der Waals surface area contributed by atoms with Crippen molar-refractivity contribution in [2.24, 2.45) is 0 Å². The lowest BCUT2D eigenvalue weighted by molar-refractivity contribution is 0.745. The summed E-state index contributed by atoms with van der Waals surface area (Å²) in [6.45, 7) is 5.40. The number of hydrogen-bond donors (Lipinski definition) is 2. The fraction of sp³-hybridized carbons (Fsp3) is 0.455. The quantitative estimate of drug-likeness (QED) is 0.635. The van der Waals surface area contributed by atoms with Gasteiger partial charge in [-0.15, -0.1) is 0 Å². The second-order valence-electron chi connectivity index (χ2n) is 3.81. The first-order valence-corrected chi connectivity index (χ1v) is 4.87. The van der Waals surface area contributed by atoms with Gasteiger partial charge < -0.3 is 10.6 Å². The van der Waals surface area contributed by atoms with Crippen molar-refractivity contribution in [3.05, 3.63) is 23.8 Å². The van der Waals surface area contributed by atoms with E-state index in [0.717, 1.165) is 6.54 Å². The van der Waals surface area contributed by atoms with Crippen LogP contribution in [-0.4, -0.2) is 12.6 Å². The molecule has 0 saturated carbocycles. The molecule has 2 rings (SSSR count). The van der Waals surface area contributed by atoms with Crippen molar-refractivity contribution in [2.45, 2.75) is 26.3 Å². The largest absolute Gasteiger partial charge is 0.383 e. The van der Waals surface area contributed by atoms with E-state index in [4.69, 9.17) is 0 Å². The van der Waals surface area contributed by atoms with E-state index in [-0.39, 0.29) is 0 Å². The Balaban J connectivity index is 2.35. The van der Waals surface area contributed by atoms with Crippen LogP contribution in [0.5, 0.6) is 0 Å². The summed E-state index contributed by atoms with van der Waals surface area (Å²) in [5.74, 6) is 0. The first kappa shape index (κ1) is 8.42. The molecular formula is C11H16N2. The van der Waals surface area contributed by atoms with Gasteiger partial charge in [-0.25, -0.2) is 0 Å². The number of rotatable bonds is 0. The van der Waals surface area contributed by atoms with Gasteiger partial charge in [0.05, 0.1) is 11.4 Å². The third kappa shape index (κ3) is 1.77. The molecule has 0 bridgehead atoms. The highest BCUT2D eigenvalue weighted by atomic mass is 15.0. The molecule has 2 nitrogen and oxygen atoms in total. The second-order valence-corrected chi connectivity index (χ2v) is 3.81. The molecule has 0 saturated heterocycles. The molecule has 0 radical (unpaired) electrons. The lowest BCUT2D eigenvalue weighted by Crippen LogP contribution is -2.14. The van der Waals surface area contributed by atoms with Gasteiger partial charge in [-0.1, -0.05) is 6.07 Å². The highest BCUT2D eigenvalue weighted by molar-refractivity contribution is 5.70. The maximum Gasteiger partial charge on any atom is 0.0580 e. The van der Waals surface area contributed by atoms with Crippen molar-refractivity contribution in [2.75, 3.05) is 17.2 Å². The van der Waals surface area contributed by atoms with E-state index in [0.29, 0.717) is 6.04 Å². The van der Waals surface area contributed by atoms with E-state index in [1.54, 1.807) is 0 Å². The van der Waals surface area contributed by atoms with Gasteiger partial charge in [0.2, 0.25) is 0 Å². The zero-order valence-electron chi connectivity index (χ0n) is 8.22. The first-order valence-electron chi connectivity index (χ1n) is 4.87. The normalized spacial score (nSPS) is 20.9. The highest BCUT2D eigenvalue weighted by Crippen LogP contribution is 2.26.